The van der Waals surface area contributed by atoms with Crippen LogP contribution >= 0.6 is 0 Å². The highest BCUT2D eigenvalue weighted by molar-refractivity contribution is 5.73. The highest BCUT2D eigenvalue weighted by Crippen LogP contribution is 2.38. The van der Waals surface area contributed by atoms with Crippen molar-refractivity contribution in [1.82, 2.24) is 10.2 Å². The number of nitrogens with one attached hydrogen (secondary N) is 1. The van der Waals surface area contributed by atoms with Gasteiger partial charge >= 0.3 is 5.97 Å². The fourth-order valence-electron chi connectivity index (χ4n) is 2.64. The van der Waals surface area contributed by atoms with Gasteiger partial charge < -0.3 is 24.6 Å². The maximum absolute atomic E-state index is 11.1. The molecule has 0 radical (unpaired) electrons. The van der Waals surface area contributed by atoms with Crippen LogP contribution in [0.3, 0.4) is 0 Å². The SMILES string of the molecule is COc1cc2c(cc1CN1CCNC(C(=O)O)C1)OCO2. The van der Waals surface area contributed by atoms with Gasteiger partial charge in [-0.3, -0.25) is 9.69 Å². The van der Waals surface area contributed by atoms with Gasteiger partial charge in [-0.2, -0.15) is 0 Å². The van der Waals surface area contributed by atoms with Gasteiger partial charge in [0, 0.05) is 37.8 Å². The molecular formula is C14H18N2O5. The Balaban J connectivity index is 1.76. The Kier molecular flexibility index (Phi) is 3.85. The van der Waals surface area contributed by atoms with Gasteiger partial charge in [0.05, 0.1) is 7.11 Å². The molecule has 0 amide bonds. The van der Waals surface area contributed by atoms with Crippen molar-refractivity contribution in [2.45, 2.75) is 12.6 Å². The topological polar surface area (TPSA) is 80.3 Å². The van der Waals surface area contributed by atoms with Crippen LogP contribution in [0.4, 0.5) is 0 Å². The van der Waals surface area contributed by atoms with E-state index in [-0.39, 0.29) is 6.79 Å². The fourth-order valence-corrected chi connectivity index (χ4v) is 2.64. The minimum absolute atomic E-state index is 0.219. The van der Waals surface area contributed by atoms with Crippen molar-refractivity contribution in [2.24, 2.45) is 0 Å². The maximum Gasteiger partial charge on any atom is 0.322 e. The van der Waals surface area contributed by atoms with Crippen LogP contribution in [0, 0.1) is 0 Å². The zero-order valence-corrected chi connectivity index (χ0v) is 11.8. The van der Waals surface area contributed by atoms with Crippen molar-refractivity contribution in [1.29, 1.82) is 0 Å². The molecule has 2 heterocycles. The van der Waals surface area contributed by atoms with Crippen molar-refractivity contribution in [3.05, 3.63) is 17.7 Å². The van der Waals surface area contributed by atoms with E-state index in [0.717, 1.165) is 17.9 Å². The lowest BCUT2D eigenvalue weighted by Gasteiger charge is -2.31. The Morgan fingerprint density at radius 1 is 1.48 bits per heavy atom. The number of carboxylic acids is 1. The van der Waals surface area contributed by atoms with Crippen molar-refractivity contribution >= 4 is 5.97 Å². The lowest BCUT2D eigenvalue weighted by molar-refractivity contribution is -0.140. The van der Waals surface area contributed by atoms with Crippen LogP contribution in [0.15, 0.2) is 12.1 Å². The van der Waals surface area contributed by atoms with Gasteiger partial charge in [-0.1, -0.05) is 0 Å². The molecule has 114 valence electrons. The highest BCUT2D eigenvalue weighted by atomic mass is 16.7. The van der Waals surface area contributed by atoms with Crippen LogP contribution in [0.5, 0.6) is 17.2 Å². The molecule has 1 saturated heterocycles. The molecule has 1 fully saturated rings. The Bertz CT molecular complexity index is 548. The molecule has 0 aromatic heterocycles. The first-order valence-electron chi connectivity index (χ1n) is 6.82. The number of fused-ring (bicyclic) bond motifs is 1. The Morgan fingerprint density at radius 2 is 2.24 bits per heavy atom. The second-order valence-corrected chi connectivity index (χ2v) is 5.10. The largest absolute Gasteiger partial charge is 0.496 e. The lowest BCUT2D eigenvalue weighted by atomic mass is 10.1. The number of carboxylic acid groups (broad SMARTS) is 1. The molecule has 1 aromatic carbocycles. The molecule has 7 nitrogen and oxygen atoms in total. The van der Waals surface area contributed by atoms with Gasteiger partial charge in [-0.05, 0) is 6.07 Å². The maximum atomic E-state index is 11.1. The zero-order valence-electron chi connectivity index (χ0n) is 11.8. The highest BCUT2D eigenvalue weighted by Gasteiger charge is 2.26. The Hall–Kier alpha value is -1.99. The minimum atomic E-state index is -0.822. The summed E-state index contributed by atoms with van der Waals surface area (Å²) in [6.07, 6.45) is 0. The summed E-state index contributed by atoms with van der Waals surface area (Å²) in [5, 5.41) is 12.1. The van der Waals surface area contributed by atoms with E-state index in [1.165, 1.54) is 0 Å². The van der Waals surface area contributed by atoms with Gasteiger partial charge in [0.15, 0.2) is 11.5 Å². The number of hydrogen-bond acceptors (Lipinski definition) is 6. The predicted molar refractivity (Wildman–Crippen MR) is 73.8 cm³/mol. The normalized spacial score (nSPS) is 21.3. The summed E-state index contributed by atoms with van der Waals surface area (Å²) in [5.74, 6) is 1.29. The second-order valence-electron chi connectivity index (χ2n) is 5.10. The summed E-state index contributed by atoms with van der Waals surface area (Å²) in [4.78, 5) is 13.2. The van der Waals surface area contributed by atoms with Crippen LogP contribution < -0.4 is 19.5 Å². The quantitative estimate of drug-likeness (QED) is 0.825. The van der Waals surface area contributed by atoms with Crippen LogP contribution in [0.1, 0.15) is 5.56 Å². The Labute approximate surface area is 122 Å². The molecule has 0 aliphatic carbocycles. The molecule has 2 aliphatic rings. The summed E-state index contributed by atoms with van der Waals surface area (Å²) < 4.78 is 16.1. The molecule has 2 N–H and O–H groups in total. The van der Waals surface area contributed by atoms with Crippen LogP contribution in [-0.2, 0) is 11.3 Å². The van der Waals surface area contributed by atoms with E-state index in [1.807, 2.05) is 12.1 Å². The number of benzene rings is 1. The molecule has 21 heavy (non-hydrogen) atoms. The van der Waals surface area contributed by atoms with Crippen molar-refractivity contribution in [3.8, 4) is 17.2 Å². The molecule has 2 aliphatic heterocycles. The number of ether oxygens (including phenoxy) is 3. The third kappa shape index (κ3) is 2.88. The number of rotatable bonds is 4. The summed E-state index contributed by atoms with van der Waals surface area (Å²) in [6.45, 7) is 2.75. The zero-order chi connectivity index (χ0) is 14.8. The van der Waals surface area contributed by atoms with Gasteiger partial charge in [-0.15, -0.1) is 0 Å². The van der Waals surface area contributed by atoms with Gasteiger partial charge in [0.2, 0.25) is 6.79 Å². The van der Waals surface area contributed by atoms with E-state index >= 15 is 0 Å². The number of carbonyl (C=O) groups is 1. The average molecular weight is 294 g/mol. The molecule has 0 spiro atoms. The van der Waals surface area contributed by atoms with E-state index in [1.54, 1.807) is 7.11 Å². The van der Waals surface area contributed by atoms with E-state index in [9.17, 15) is 4.79 Å². The van der Waals surface area contributed by atoms with Gasteiger partial charge in [0.25, 0.3) is 0 Å². The number of nitrogens with zero attached hydrogens (tertiary/aromatic N) is 1. The lowest BCUT2D eigenvalue weighted by Crippen LogP contribution is -2.53. The smallest absolute Gasteiger partial charge is 0.322 e. The first kappa shape index (κ1) is 14.0. The van der Waals surface area contributed by atoms with E-state index in [4.69, 9.17) is 19.3 Å². The molecule has 1 atom stereocenters. The number of piperazine rings is 1. The second kappa shape index (κ2) is 5.79. The first-order valence-corrected chi connectivity index (χ1v) is 6.82. The van der Waals surface area contributed by atoms with Crippen LogP contribution in [-0.4, -0.2) is 55.6 Å². The van der Waals surface area contributed by atoms with Gasteiger partial charge in [-0.25, -0.2) is 0 Å². The average Bonchev–Trinajstić information content (AvgIpc) is 2.93. The van der Waals surface area contributed by atoms with Crippen molar-refractivity contribution in [3.63, 3.8) is 0 Å². The number of methoxy groups -OCH3 is 1. The van der Waals surface area contributed by atoms with E-state index < -0.39 is 12.0 Å². The van der Waals surface area contributed by atoms with Crippen molar-refractivity contribution < 1.29 is 24.1 Å². The molecule has 0 bridgehead atoms. The summed E-state index contributed by atoms with van der Waals surface area (Å²) in [6, 6.07) is 3.19. The molecule has 3 rings (SSSR count). The van der Waals surface area contributed by atoms with E-state index in [2.05, 4.69) is 10.2 Å². The van der Waals surface area contributed by atoms with Gasteiger partial charge in [0.1, 0.15) is 11.8 Å². The standard InChI is InChI=1S/C14H18N2O5/c1-19-11-5-13-12(20-8-21-13)4-9(11)6-16-3-2-15-10(7-16)14(17)18/h4-5,10,15H,2-3,6-8H2,1H3,(H,17,18). The summed E-state index contributed by atoms with van der Waals surface area (Å²) in [7, 11) is 1.61. The number of aliphatic carboxylic acids is 1. The number of hydrogen-bond donors (Lipinski definition) is 2. The third-order valence-corrected chi connectivity index (χ3v) is 3.73. The molecule has 0 saturated carbocycles. The summed E-state index contributed by atoms with van der Waals surface area (Å²) >= 11 is 0. The molecular weight excluding hydrogens is 276 g/mol. The monoisotopic (exact) mass is 294 g/mol. The van der Waals surface area contributed by atoms with E-state index in [0.29, 0.717) is 31.1 Å². The third-order valence-electron chi connectivity index (χ3n) is 3.73. The minimum Gasteiger partial charge on any atom is -0.496 e. The molecule has 1 unspecified atom stereocenters. The van der Waals surface area contributed by atoms with Crippen LogP contribution in [0.2, 0.25) is 0 Å². The molecule has 7 heteroatoms. The first-order chi connectivity index (χ1) is 10.2. The Morgan fingerprint density at radius 3 is 2.95 bits per heavy atom. The fraction of sp³-hybridized carbons (Fsp3) is 0.500. The molecule has 1 aromatic rings. The van der Waals surface area contributed by atoms with Crippen molar-refractivity contribution in [2.75, 3.05) is 33.5 Å². The summed E-state index contributed by atoms with van der Waals surface area (Å²) in [5.41, 5.74) is 0.966. The predicted octanol–water partition coefficient (Wildman–Crippen LogP) is 0.282. The van der Waals surface area contributed by atoms with Crippen LogP contribution in [0.25, 0.3) is 0 Å².